The van der Waals surface area contributed by atoms with Crippen molar-refractivity contribution in [3.05, 3.63) is 53.2 Å². The van der Waals surface area contributed by atoms with E-state index < -0.39 is 0 Å². The van der Waals surface area contributed by atoms with Gasteiger partial charge in [-0.2, -0.15) is 5.10 Å². The van der Waals surface area contributed by atoms with Crippen molar-refractivity contribution in [1.29, 1.82) is 0 Å². The lowest BCUT2D eigenvalue weighted by atomic mass is 10.0. The van der Waals surface area contributed by atoms with Gasteiger partial charge in [0, 0.05) is 43.5 Å². The molecular weight excluding hydrogens is 469 g/mol. The third-order valence-corrected chi connectivity index (χ3v) is 5.99. The van der Waals surface area contributed by atoms with Crippen molar-refractivity contribution in [2.75, 3.05) is 19.6 Å². The maximum absolute atomic E-state index is 4.94. The molecule has 1 N–H and O–H groups in total. The lowest BCUT2D eigenvalue weighted by Gasteiger charge is -2.21. The van der Waals surface area contributed by atoms with Crippen molar-refractivity contribution >= 4 is 51.4 Å². The summed E-state index contributed by atoms with van der Waals surface area (Å²) in [6.45, 7) is 5.78. The predicted octanol–water partition coefficient (Wildman–Crippen LogP) is 4.21. The molecule has 2 aromatic heterocycles. The number of rotatable bonds is 4. The molecule has 0 aliphatic carbocycles. The van der Waals surface area contributed by atoms with Crippen LogP contribution in [0.4, 0.5) is 0 Å². The van der Waals surface area contributed by atoms with E-state index >= 15 is 0 Å². The zero-order valence-corrected chi connectivity index (χ0v) is 18.9. The Bertz CT molecular complexity index is 916. The van der Waals surface area contributed by atoms with Gasteiger partial charge in [-0.25, -0.2) is 4.99 Å². The van der Waals surface area contributed by atoms with Crippen molar-refractivity contribution in [2.45, 2.75) is 25.8 Å². The third kappa shape index (κ3) is 4.45. The number of nitrogens with zero attached hydrogens (tertiary/aromatic N) is 4. The molecule has 1 aliphatic rings. The van der Waals surface area contributed by atoms with Gasteiger partial charge in [0.2, 0.25) is 0 Å². The van der Waals surface area contributed by atoms with Crippen molar-refractivity contribution in [2.24, 2.45) is 12.0 Å². The molecule has 0 radical (unpaired) electrons. The molecule has 1 atom stereocenters. The average molecular weight is 495 g/mol. The summed E-state index contributed by atoms with van der Waals surface area (Å²) >= 11 is 1.80. The highest BCUT2D eigenvalue weighted by atomic mass is 127. The average Bonchev–Trinajstić information content (AvgIpc) is 3.38. The highest BCUT2D eigenvalue weighted by Crippen LogP contribution is 2.28. The summed E-state index contributed by atoms with van der Waals surface area (Å²) in [6, 6.07) is 8.57. The van der Waals surface area contributed by atoms with Gasteiger partial charge in [-0.3, -0.25) is 4.68 Å². The number of hydrogen-bond donors (Lipinski definition) is 1. The fraction of sp³-hybridized carbons (Fsp3) is 0.400. The Morgan fingerprint density at radius 2 is 2.22 bits per heavy atom. The number of aryl methyl sites for hydroxylation is 1. The molecule has 5 nitrogen and oxygen atoms in total. The van der Waals surface area contributed by atoms with Gasteiger partial charge in [0.15, 0.2) is 5.96 Å². The first-order valence-electron chi connectivity index (χ1n) is 9.21. The van der Waals surface area contributed by atoms with Crippen molar-refractivity contribution < 1.29 is 0 Å². The van der Waals surface area contributed by atoms with Crippen molar-refractivity contribution in [3.63, 3.8) is 0 Å². The van der Waals surface area contributed by atoms with Gasteiger partial charge in [0.25, 0.3) is 0 Å². The second-order valence-corrected chi connectivity index (χ2v) is 7.72. The van der Waals surface area contributed by atoms with E-state index in [-0.39, 0.29) is 24.0 Å². The van der Waals surface area contributed by atoms with E-state index in [9.17, 15) is 0 Å². The molecule has 0 bridgehead atoms. The van der Waals surface area contributed by atoms with Crippen LogP contribution in [0.1, 0.15) is 30.4 Å². The fourth-order valence-corrected chi connectivity index (χ4v) is 4.57. The van der Waals surface area contributed by atoms with Gasteiger partial charge in [-0.15, -0.1) is 35.3 Å². The number of guanidine groups is 1. The SMILES string of the molecule is CCNC(=NCc1csc2ccccc12)N1CCC(c2cnn(C)c2)C1.I. The van der Waals surface area contributed by atoms with Crippen LogP contribution < -0.4 is 5.32 Å². The first-order valence-corrected chi connectivity index (χ1v) is 10.1. The molecule has 4 rings (SSSR count). The molecule has 144 valence electrons. The number of aliphatic imine (C=N–C) groups is 1. The lowest BCUT2D eigenvalue weighted by Crippen LogP contribution is -2.39. The molecule has 27 heavy (non-hydrogen) atoms. The number of halogens is 1. The second kappa shape index (κ2) is 9.05. The Labute approximate surface area is 181 Å². The van der Waals surface area contributed by atoms with Gasteiger partial charge in [0.1, 0.15) is 0 Å². The molecule has 3 heterocycles. The molecular formula is C20H26IN5S. The first-order chi connectivity index (χ1) is 12.7. The third-order valence-electron chi connectivity index (χ3n) is 4.98. The number of likely N-dealkylation sites (tertiary alicyclic amines) is 1. The van der Waals surface area contributed by atoms with Crippen molar-refractivity contribution in [3.8, 4) is 0 Å². The topological polar surface area (TPSA) is 45.5 Å². The molecule has 1 fully saturated rings. The summed E-state index contributed by atoms with van der Waals surface area (Å²) in [5.74, 6) is 1.56. The van der Waals surface area contributed by atoms with E-state index in [1.807, 2.05) is 17.9 Å². The number of benzene rings is 1. The number of nitrogens with one attached hydrogen (secondary N) is 1. The van der Waals surface area contributed by atoms with E-state index in [2.05, 4.69) is 58.1 Å². The summed E-state index contributed by atoms with van der Waals surface area (Å²) < 4.78 is 3.22. The highest BCUT2D eigenvalue weighted by Gasteiger charge is 2.26. The zero-order valence-electron chi connectivity index (χ0n) is 15.8. The van der Waals surface area contributed by atoms with Gasteiger partial charge in [-0.1, -0.05) is 18.2 Å². The van der Waals surface area contributed by atoms with Gasteiger partial charge in [0.05, 0.1) is 12.7 Å². The smallest absolute Gasteiger partial charge is 0.194 e. The molecule has 1 unspecified atom stereocenters. The number of thiophene rings is 1. The van der Waals surface area contributed by atoms with Crippen LogP contribution >= 0.6 is 35.3 Å². The van der Waals surface area contributed by atoms with Crippen LogP contribution in [0.25, 0.3) is 10.1 Å². The normalized spacial score (nSPS) is 17.3. The van der Waals surface area contributed by atoms with E-state index in [4.69, 9.17) is 4.99 Å². The summed E-state index contributed by atoms with van der Waals surface area (Å²) in [5, 5.41) is 11.4. The predicted molar refractivity (Wildman–Crippen MR) is 124 cm³/mol. The molecule has 0 spiro atoms. The van der Waals surface area contributed by atoms with Gasteiger partial charge >= 0.3 is 0 Å². The largest absolute Gasteiger partial charge is 0.357 e. The van der Waals surface area contributed by atoms with Crippen LogP contribution in [0.5, 0.6) is 0 Å². The molecule has 1 aliphatic heterocycles. The van der Waals surface area contributed by atoms with Crippen molar-refractivity contribution in [1.82, 2.24) is 20.0 Å². The molecule has 7 heteroatoms. The Morgan fingerprint density at radius 3 is 3.00 bits per heavy atom. The van der Waals surface area contributed by atoms with Crippen LogP contribution in [-0.4, -0.2) is 40.3 Å². The highest BCUT2D eigenvalue weighted by molar-refractivity contribution is 14.0. The zero-order chi connectivity index (χ0) is 17.9. The standard InChI is InChI=1S/C20H25N5S.HI/c1-3-21-20(22-10-17-14-26-19-7-5-4-6-18(17)19)25-9-8-15(13-25)16-11-23-24(2)12-16;/h4-7,11-12,14-15H,3,8-10,13H2,1-2H3,(H,21,22);1H. The summed E-state index contributed by atoms with van der Waals surface area (Å²) in [7, 11) is 1.98. The van der Waals surface area contributed by atoms with Crippen LogP contribution in [0.2, 0.25) is 0 Å². The monoisotopic (exact) mass is 495 g/mol. The van der Waals surface area contributed by atoms with Crippen LogP contribution in [0.3, 0.4) is 0 Å². The Balaban J connectivity index is 0.00000210. The lowest BCUT2D eigenvalue weighted by molar-refractivity contribution is 0.486. The Morgan fingerprint density at radius 1 is 1.37 bits per heavy atom. The summed E-state index contributed by atoms with van der Waals surface area (Å²) in [5.41, 5.74) is 2.64. The molecule has 3 aromatic rings. The summed E-state index contributed by atoms with van der Waals surface area (Å²) in [4.78, 5) is 7.32. The molecule has 1 saturated heterocycles. The summed E-state index contributed by atoms with van der Waals surface area (Å²) in [6.07, 6.45) is 5.28. The second-order valence-electron chi connectivity index (χ2n) is 6.81. The van der Waals surface area contributed by atoms with Gasteiger partial charge < -0.3 is 10.2 Å². The van der Waals surface area contributed by atoms with E-state index in [1.54, 1.807) is 11.3 Å². The first kappa shape index (κ1) is 20.1. The minimum Gasteiger partial charge on any atom is -0.357 e. The van der Waals surface area contributed by atoms with Crippen LogP contribution in [0.15, 0.2) is 47.0 Å². The van der Waals surface area contributed by atoms with Gasteiger partial charge in [-0.05, 0) is 41.3 Å². The van der Waals surface area contributed by atoms with E-state index in [0.717, 1.165) is 38.6 Å². The Hall–Kier alpha value is -1.61. The maximum atomic E-state index is 4.94. The molecule has 1 aromatic carbocycles. The maximum Gasteiger partial charge on any atom is 0.194 e. The van der Waals surface area contributed by atoms with E-state index in [0.29, 0.717) is 5.92 Å². The number of fused-ring (bicyclic) bond motifs is 1. The number of hydrogen-bond acceptors (Lipinski definition) is 3. The van der Waals surface area contributed by atoms with Crippen LogP contribution in [-0.2, 0) is 13.6 Å². The minimum absolute atomic E-state index is 0. The molecule has 0 amide bonds. The fourth-order valence-electron chi connectivity index (χ4n) is 3.62. The Kier molecular flexibility index (Phi) is 6.75. The minimum atomic E-state index is 0. The quantitative estimate of drug-likeness (QED) is 0.335. The van der Waals surface area contributed by atoms with E-state index in [1.165, 1.54) is 21.2 Å². The molecule has 0 saturated carbocycles. The number of aromatic nitrogens is 2. The van der Waals surface area contributed by atoms with Crippen LogP contribution in [0, 0.1) is 0 Å².